The lowest BCUT2D eigenvalue weighted by molar-refractivity contribution is -0.133. The number of rotatable bonds is 6. The number of amides is 3. The van der Waals surface area contributed by atoms with Crippen LogP contribution in [-0.2, 0) is 10.3 Å². The maximum Gasteiger partial charge on any atom is 0.325 e. The van der Waals surface area contributed by atoms with Gasteiger partial charge in [-0.25, -0.2) is 4.79 Å². The first-order chi connectivity index (χ1) is 10.9. The van der Waals surface area contributed by atoms with Crippen LogP contribution < -0.4 is 20.5 Å². The Morgan fingerprint density at radius 1 is 1.30 bits per heavy atom. The van der Waals surface area contributed by atoms with E-state index >= 15 is 0 Å². The first-order valence-electron chi connectivity index (χ1n) is 7.53. The molecule has 23 heavy (non-hydrogen) atoms. The molecule has 1 aromatic carbocycles. The number of nitrogens with zero attached hydrogens (tertiary/aromatic N) is 1. The maximum atomic E-state index is 13.0. The Kier molecular flexibility index (Phi) is 4.79. The van der Waals surface area contributed by atoms with Crippen LogP contribution in [0.5, 0.6) is 11.5 Å². The van der Waals surface area contributed by atoms with Crippen molar-refractivity contribution in [3.05, 3.63) is 23.8 Å². The minimum absolute atomic E-state index is 0.203. The van der Waals surface area contributed by atoms with Crippen molar-refractivity contribution < 1.29 is 19.1 Å². The fraction of sp³-hybridized carbons (Fsp3) is 0.500. The molecule has 7 nitrogen and oxygen atoms in total. The molecule has 1 fully saturated rings. The van der Waals surface area contributed by atoms with Gasteiger partial charge in [-0.1, -0.05) is 6.92 Å². The van der Waals surface area contributed by atoms with Gasteiger partial charge < -0.3 is 20.5 Å². The molecule has 1 aliphatic rings. The highest BCUT2D eigenvalue weighted by Crippen LogP contribution is 2.40. The molecule has 2 atom stereocenters. The lowest BCUT2D eigenvalue weighted by Gasteiger charge is -2.28. The zero-order valence-electron chi connectivity index (χ0n) is 13.9. The summed E-state index contributed by atoms with van der Waals surface area (Å²) in [6, 6.07) is 4.36. The second kappa shape index (κ2) is 6.45. The summed E-state index contributed by atoms with van der Waals surface area (Å²) in [6.07, 6.45) is 0.384. The van der Waals surface area contributed by atoms with Gasteiger partial charge in [0.1, 0.15) is 17.0 Å². The first-order valence-corrected chi connectivity index (χ1v) is 7.53. The molecule has 1 saturated heterocycles. The number of benzene rings is 1. The van der Waals surface area contributed by atoms with Crippen molar-refractivity contribution in [2.24, 2.45) is 5.73 Å². The van der Waals surface area contributed by atoms with Gasteiger partial charge in [0.05, 0.1) is 20.3 Å². The van der Waals surface area contributed by atoms with E-state index < -0.39 is 11.6 Å². The molecule has 0 bridgehead atoms. The first kappa shape index (κ1) is 17.1. The zero-order valence-corrected chi connectivity index (χ0v) is 13.9. The molecule has 0 spiro atoms. The van der Waals surface area contributed by atoms with E-state index in [1.54, 1.807) is 32.2 Å². The van der Waals surface area contributed by atoms with Gasteiger partial charge in [0.25, 0.3) is 5.91 Å². The van der Waals surface area contributed by atoms with Crippen LogP contribution in [0.25, 0.3) is 0 Å². The Morgan fingerprint density at radius 3 is 2.52 bits per heavy atom. The molecular weight excluding hydrogens is 298 g/mol. The number of carbonyl (C=O) groups excluding carboxylic acids is 2. The van der Waals surface area contributed by atoms with E-state index in [2.05, 4.69) is 5.32 Å². The summed E-state index contributed by atoms with van der Waals surface area (Å²) in [7, 11) is 3.07. The molecule has 1 aliphatic heterocycles. The molecule has 126 valence electrons. The van der Waals surface area contributed by atoms with E-state index in [4.69, 9.17) is 15.2 Å². The largest absolute Gasteiger partial charge is 0.497 e. The van der Waals surface area contributed by atoms with Crippen LogP contribution in [0.3, 0.4) is 0 Å². The molecule has 0 saturated carbocycles. The third-order valence-electron chi connectivity index (χ3n) is 4.30. The van der Waals surface area contributed by atoms with Crippen LogP contribution in [0.2, 0.25) is 0 Å². The van der Waals surface area contributed by atoms with Gasteiger partial charge >= 0.3 is 6.03 Å². The smallest absolute Gasteiger partial charge is 0.325 e. The third kappa shape index (κ3) is 2.61. The average molecular weight is 321 g/mol. The zero-order chi connectivity index (χ0) is 17.2. The molecule has 7 heteroatoms. The van der Waals surface area contributed by atoms with Crippen LogP contribution >= 0.6 is 0 Å². The van der Waals surface area contributed by atoms with E-state index in [0.29, 0.717) is 23.5 Å². The molecule has 3 amide bonds. The molecule has 2 unspecified atom stereocenters. The standard InChI is InChI=1S/C16H23N3O4/c1-5-16(12-8-11(22-3)6-7-13(12)23-4)14(20)19(10(2)9-17)15(21)18-16/h6-8,10H,5,9,17H2,1-4H3,(H,18,21). The van der Waals surface area contributed by atoms with Gasteiger partial charge in [-0.2, -0.15) is 0 Å². The number of hydrogen-bond acceptors (Lipinski definition) is 5. The number of urea groups is 1. The van der Waals surface area contributed by atoms with Crippen molar-refractivity contribution in [2.75, 3.05) is 20.8 Å². The summed E-state index contributed by atoms with van der Waals surface area (Å²) < 4.78 is 10.6. The summed E-state index contributed by atoms with van der Waals surface area (Å²) >= 11 is 0. The van der Waals surface area contributed by atoms with Crippen LogP contribution in [0.1, 0.15) is 25.8 Å². The summed E-state index contributed by atoms with van der Waals surface area (Å²) in [5.41, 5.74) is 5.02. The van der Waals surface area contributed by atoms with Gasteiger partial charge in [-0.3, -0.25) is 9.69 Å². The molecule has 1 aromatic rings. The van der Waals surface area contributed by atoms with Crippen LogP contribution in [0.15, 0.2) is 18.2 Å². The number of imide groups is 1. The van der Waals surface area contributed by atoms with Gasteiger partial charge in [-0.05, 0) is 31.5 Å². The van der Waals surface area contributed by atoms with E-state index in [-0.39, 0.29) is 18.5 Å². The van der Waals surface area contributed by atoms with Gasteiger partial charge in [-0.15, -0.1) is 0 Å². The topological polar surface area (TPSA) is 93.9 Å². The molecule has 3 N–H and O–H groups in total. The lowest BCUT2D eigenvalue weighted by Crippen LogP contribution is -2.46. The number of ether oxygens (including phenoxy) is 2. The Balaban J connectivity index is 2.59. The predicted octanol–water partition coefficient (Wildman–Crippen LogP) is 1.21. The molecule has 2 rings (SSSR count). The molecule has 0 aromatic heterocycles. The van der Waals surface area contributed by atoms with E-state index in [1.165, 1.54) is 12.0 Å². The second-order valence-electron chi connectivity index (χ2n) is 5.52. The Bertz CT molecular complexity index is 619. The van der Waals surface area contributed by atoms with E-state index in [0.717, 1.165) is 0 Å². The predicted molar refractivity (Wildman–Crippen MR) is 85.4 cm³/mol. The van der Waals surface area contributed by atoms with Crippen LogP contribution in [-0.4, -0.2) is 43.6 Å². The minimum atomic E-state index is -1.18. The Hall–Kier alpha value is -2.28. The SMILES string of the molecule is CCC1(c2cc(OC)ccc2OC)NC(=O)N(C(C)CN)C1=O. The average Bonchev–Trinajstić information content (AvgIpc) is 2.84. The van der Waals surface area contributed by atoms with Gasteiger partial charge in [0.15, 0.2) is 0 Å². The van der Waals surface area contributed by atoms with Gasteiger partial charge in [0.2, 0.25) is 0 Å². The Labute approximate surface area is 135 Å². The highest BCUT2D eigenvalue weighted by Gasteiger charge is 2.53. The van der Waals surface area contributed by atoms with Crippen molar-refractivity contribution >= 4 is 11.9 Å². The lowest BCUT2D eigenvalue weighted by atomic mass is 9.86. The number of nitrogens with one attached hydrogen (secondary N) is 1. The van der Waals surface area contributed by atoms with E-state index in [1.807, 2.05) is 6.92 Å². The monoisotopic (exact) mass is 321 g/mol. The summed E-state index contributed by atoms with van der Waals surface area (Å²) in [6.45, 7) is 3.79. The number of methoxy groups -OCH3 is 2. The summed E-state index contributed by atoms with van der Waals surface area (Å²) in [5.74, 6) is 0.777. The van der Waals surface area contributed by atoms with Crippen molar-refractivity contribution in [1.29, 1.82) is 0 Å². The molecule has 1 heterocycles. The van der Waals surface area contributed by atoms with Crippen LogP contribution in [0.4, 0.5) is 4.79 Å². The van der Waals surface area contributed by atoms with Crippen molar-refractivity contribution in [3.8, 4) is 11.5 Å². The third-order valence-corrected chi connectivity index (χ3v) is 4.30. The highest BCUT2D eigenvalue weighted by molar-refractivity contribution is 6.08. The number of hydrogen-bond donors (Lipinski definition) is 2. The molecule has 0 aliphatic carbocycles. The maximum absolute atomic E-state index is 13.0. The van der Waals surface area contributed by atoms with Crippen LogP contribution in [0, 0.1) is 0 Å². The number of nitrogens with two attached hydrogens (primary N) is 1. The fourth-order valence-corrected chi connectivity index (χ4v) is 2.86. The summed E-state index contributed by atoms with van der Waals surface area (Å²) in [5, 5.41) is 2.82. The molecular formula is C16H23N3O4. The normalized spacial score (nSPS) is 22.0. The van der Waals surface area contributed by atoms with Crippen molar-refractivity contribution in [2.45, 2.75) is 31.8 Å². The minimum Gasteiger partial charge on any atom is -0.497 e. The molecule has 0 radical (unpaired) electrons. The summed E-state index contributed by atoms with van der Waals surface area (Å²) in [4.78, 5) is 26.6. The number of carbonyl (C=O) groups is 2. The van der Waals surface area contributed by atoms with Crippen molar-refractivity contribution in [3.63, 3.8) is 0 Å². The highest BCUT2D eigenvalue weighted by atomic mass is 16.5. The van der Waals surface area contributed by atoms with E-state index in [9.17, 15) is 9.59 Å². The second-order valence-corrected chi connectivity index (χ2v) is 5.52. The fourth-order valence-electron chi connectivity index (χ4n) is 2.86. The van der Waals surface area contributed by atoms with Gasteiger partial charge in [0, 0.05) is 12.1 Å². The Morgan fingerprint density at radius 2 is 2.00 bits per heavy atom. The van der Waals surface area contributed by atoms with Crippen molar-refractivity contribution in [1.82, 2.24) is 10.2 Å². The quantitative estimate of drug-likeness (QED) is 0.768.